The Morgan fingerprint density at radius 3 is 2.62 bits per heavy atom. The number of aromatic carboxylic acids is 1. The normalized spacial score (nSPS) is 13.1. The van der Waals surface area contributed by atoms with Crippen LogP contribution in [0.2, 0.25) is 5.02 Å². The molecule has 0 amide bonds. The summed E-state index contributed by atoms with van der Waals surface area (Å²) in [5.41, 5.74) is -0.588. The van der Waals surface area contributed by atoms with Gasteiger partial charge in [-0.15, -0.1) is 0 Å². The van der Waals surface area contributed by atoms with Crippen LogP contribution in [0.25, 0.3) is 0 Å². The molecule has 0 aliphatic heterocycles. The van der Waals surface area contributed by atoms with E-state index in [0.717, 1.165) is 6.07 Å². The van der Waals surface area contributed by atoms with Gasteiger partial charge >= 0.3 is 5.97 Å². The molecule has 0 aliphatic carbocycles. The van der Waals surface area contributed by atoms with E-state index in [1.807, 2.05) is 13.2 Å². The van der Waals surface area contributed by atoms with Gasteiger partial charge in [-0.2, -0.15) is 11.8 Å². The molecule has 1 rings (SSSR count). The van der Waals surface area contributed by atoms with E-state index in [0.29, 0.717) is 18.2 Å². The van der Waals surface area contributed by atoms with Crippen LogP contribution in [0.15, 0.2) is 17.0 Å². The van der Waals surface area contributed by atoms with Gasteiger partial charge in [0.1, 0.15) is 5.82 Å². The van der Waals surface area contributed by atoms with Crippen LogP contribution in [0.5, 0.6) is 0 Å². The third kappa shape index (κ3) is 4.57. The van der Waals surface area contributed by atoms with Crippen molar-refractivity contribution in [2.45, 2.75) is 24.3 Å². The topological polar surface area (TPSA) is 83.5 Å². The number of carbonyl (C=O) groups is 1. The summed E-state index contributed by atoms with van der Waals surface area (Å²) >= 11 is 6.99. The minimum atomic E-state index is -4.01. The average molecular weight is 356 g/mol. The largest absolute Gasteiger partial charge is 0.478 e. The van der Waals surface area contributed by atoms with Crippen molar-refractivity contribution in [2.24, 2.45) is 0 Å². The molecule has 0 bridgehead atoms. The smallest absolute Gasteiger partial charge is 0.337 e. The first-order valence-electron chi connectivity index (χ1n) is 5.96. The lowest BCUT2D eigenvalue weighted by Crippen LogP contribution is -2.36. The number of hydrogen-bond donors (Lipinski definition) is 2. The van der Waals surface area contributed by atoms with Crippen LogP contribution in [-0.4, -0.2) is 37.5 Å². The van der Waals surface area contributed by atoms with E-state index < -0.39 is 37.3 Å². The Labute approximate surface area is 131 Å². The maximum Gasteiger partial charge on any atom is 0.337 e. The van der Waals surface area contributed by atoms with E-state index in [-0.39, 0.29) is 6.04 Å². The van der Waals surface area contributed by atoms with E-state index in [1.54, 1.807) is 0 Å². The third-order valence-electron chi connectivity index (χ3n) is 2.72. The highest BCUT2D eigenvalue weighted by atomic mass is 35.5. The molecule has 0 spiro atoms. The van der Waals surface area contributed by atoms with Crippen LogP contribution in [0.3, 0.4) is 0 Å². The second kappa shape index (κ2) is 7.44. The Morgan fingerprint density at radius 1 is 1.52 bits per heavy atom. The number of thioether (sulfide) groups is 1. The fourth-order valence-electron chi connectivity index (χ4n) is 1.60. The number of carboxylic acids is 1. The zero-order chi connectivity index (χ0) is 16.2. The van der Waals surface area contributed by atoms with Crippen molar-refractivity contribution in [1.82, 2.24) is 4.72 Å². The first-order chi connectivity index (χ1) is 9.72. The molecule has 1 atom stereocenters. The number of rotatable bonds is 7. The van der Waals surface area contributed by atoms with Crippen molar-refractivity contribution in [1.29, 1.82) is 0 Å². The van der Waals surface area contributed by atoms with E-state index in [1.165, 1.54) is 11.8 Å². The Kier molecular flexibility index (Phi) is 6.45. The summed E-state index contributed by atoms with van der Waals surface area (Å²) in [6, 6.07) is 1.24. The summed E-state index contributed by atoms with van der Waals surface area (Å²) in [7, 11) is -4.01. The molecule has 0 aliphatic rings. The highest BCUT2D eigenvalue weighted by molar-refractivity contribution is 7.98. The Balaban J connectivity index is 3.23. The highest BCUT2D eigenvalue weighted by Crippen LogP contribution is 2.24. The van der Waals surface area contributed by atoms with E-state index in [2.05, 4.69) is 4.72 Å². The number of benzene rings is 1. The SMILES string of the molecule is CCC(CSC)NS(=O)(=O)c1cc(F)c(Cl)c(C(=O)O)c1. The predicted octanol–water partition coefficient (Wildman–Crippen LogP) is 2.60. The van der Waals surface area contributed by atoms with E-state index in [4.69, 9.17) is 16.7 Å². The zero-order valence-electron chi connectivity index (χ0n) is 11.4. The number of hydrogen-bond acceptors (Lipinski definition) is 4. The fourth-order valence-corrected chi connectivity index (χ4v) is 3.97. The van der Waals surface area contributed by atoms with Crippen molar-refractivity contribution >= 4 is 39.4 Å². The molecule has 0 saturated carbocycles. The Morgan fingerprint density at radius 2 is 2.14 bits per heavy atom. The first-order valence-corrected chi connectivity index (χ1v) is 9.22. The summed E-state index contributed by atoms with van der Waals surface area (Å²) in [5, 5.41) is 8.31. The van der Waals surface area contributed by atoms with Crippen molar-refractivity contribution in [3.63, 3.8) is 0 Å². The van der Waals surface area contributed by atoms with Gasteiger partial charge < -0.3 is 5.11 Å². The highest BCUT2D eigenvalue weighted by Gasteiger charge is 2.23. The summed E-state index contributed by atoms with van der Waals surface area (Å²) in [5.74, 6) is -2.03. The van der Waals surface area contributed by atoms with Crippen molar-refractivity contribution in [3.05, 3.63) is 28.5 Å². The molecule has 1 unspecified atom stereocenters. The van der Waals surface area contributed by atoms with Crippen molar-refractivity contribution in [2.75, 3.05) is 12.0 Å². The van der Waals surface area contributed by atoms with Crippen LogP contribution in [-0.2, 0) is 10.0 Å². The van der Waals surface area contributed by atoms with Crippen molar-refractivity contribution < 1.29 is 22.7 Å². The first kappa shape index (κ1) is 18.2. The molecule has 0 fully saturated rings. The van der Waals surface area contributed by atoms with Gasteiger partial charge in [0.25, 0.3) is 0 Å². The summed E-state index contributed by atoms with van der Waals surface area (Å²) < 4.78 is 40.4. The van der Waals surface area contributed by atoms with Crippen LogP contribution in [0, 0.1) is 5.82 Å². The van der Waals surface area contributed by atoms with Gasteiger partial charge in [-0.3, -0.25) is 0 Å². The molecule has 1 aromatic rings. The summed E-state index contributed by atoms with van der Waals surface area (Å²) in [6.45, 7) is 1.81. The zero-order valence-corrected chi connectivity index (χ0v) is 13.8. The minimum Gasteiger partial charge on any atom is -0.478 e. The van der Waals surface area contributed by atoms with Crippen LogP contribution in [0.4, 0.5) is 4.39 Å². The standard InChI is InChI=1S/C12H15ClFNO4S2/c1-3-7(6-20-2)15-21(18,19)8-4-9(12(16)17)11(13)10(14)5-8/h4-5,7,15H,3,6H2,1-2H3,(H,16,17). The van der Waals surface area contributed by atoms with Crippen LogP contribution in [0.1, 0.15) is 23.7 Å². The fraction of sp³-hybridized carbons (Fsp3) is 0.417. The monoisotopic (exact) mass is 355 g/mol. The Bertz CT molecular complexity index is 636. The molecule has 0 aromatic heterocycles. The molecule has 2 N–H and O–H groups in total. The van der Waals surface area contributed by atoms with Gasteiger partial charge in [0.15, 0.2) is 0 Å². The van der Waals surface area contributed by atoms with Gasteiger partial charge in [0.2, 0.25) is 10.0 Å². The predicted molar refractivity (Wildman–Crippen MR) is 81.2 cm³/mol. The second-order valence-corrected chi connectivity index (χ2v) is 7.26. The van der Waals surface area contributed by atoms with E-state index in [9.17, 15) is 17.6 Å². The molecule has 5 nitrogen and oxygen atoms in total. The number of sulfonamides is 1. The molecule has 9 heteroatoms. The second-order valence-electron chi connectivity index (χ2n) is 4.25. The van der Waals surface area contributed by atoms with Crippen molar-refractivity contribution in [3.8, 4) is 0 Å². The summed E-state index contributed by atoms with van der Waals surface area (Å²) in [6.07, 6.45) is 2.39. The molecule has 0 radical (unpaired) electrons. The molecule has 118 valence electrons. The third-order valence-corrected chi connectivity index (χ3v) is 5.34. The molecule has 1 aromatic carbocycles. The minimum absolute atomic E-state index is 0.322. The molecule has 0 saturated heterocycles. The van der Waals surface area contributed by atoms with Crippen LogP contribution >= 0.6 is 23.4 Å². The Hall–Kier alpha value is -0.830. The number of carboxylic acid groups (broad SMARTS) is 1. The van der Waals surface area contributed by atoms with E-state index >= 15 is 0 Å². The molecule has 21 heavy (non-hydrogen) atoms. The maximum absolute atomic E-state index is 13.6. The number of halogens is 2. The maximum atomic E-state index is 13.6. The lowest BCUT2D eigenvalue weighted by molar-refractivity contribution is 0.0696. The average Bonchev–Trinajstić information content (AvgIpc) is 2.40. The van der Waals surface area contributed by atoms with Crippen LogP contribution < -0.4 is 4.72 Å². The van der Waals surface area contributed by atoms with Gasteiger partial charge in [0, 0.05) is 11.8 Å². The lowest BCUT2D eigenvalue weighted by Gasteiger charge is -2.16. The molecule has 0 heterocycles. The molecular formula is C12H15ClFNO4S2. The van der Waals surface area contributed by atoms with Gasteiger partial charge in [-0.1, -0.05) is 18.5 Å². The van der Waals surface area contributed by atoms with Gasteiger partial charge in [0.05, 0.1) is 15.5 Å². The van der Waals surface area contributed by atoms with Gasteiger partial charge in [-0.05, 0) is 24.8 Å². The summed E-state index contributed by atoms with van der Waals surface area (Å²) in [4.78, 5) is 10.5. The lowest BCUT2D eigenvalue weighted by atomic mass is 10.2. The quantitative estimate of drug-likeness (QED) is 0.785. The molecular weight excluding hydrogens is 341 g/mol. The van der Waals surface area contributed by atoms with Gasteiger partial charge in [-0.25, -0.2) is 22.3 Å². The number of nitrogens with one attached hydrogen (secondary N) is 1.